The van der Waals surface area contributed by atoms with Gasteiger partial charge in [0.05, 0.1) is 0 Å². The summed E-state index contributed by atoms with van der Waals surface area (Å²) in [6.45, 7) is 0.668. The summed E-state index contributed by atoms with van der Waals surface area (Å²) in [5.74, 6) is 1.31. The van der Waals surface area contributed by atoms with E-state index in [-0.39, 0.29) is 5.82 Å². The van der Waals surface area contributed by atoms with E-state index in [1.807, 2.05) is 17.7 Å². The van der Waals surface area contributed by atoms with E-state index in [1.54, 1.807) is 17.8 Å². The van der Waals surface area contributed by atoms with Crippen LogP contribution in [0.25, 0.3) is 11.4 Å². The van der Waals surface area contributed by atoms with Gasteiger partial charge in [0.15, 0.2) is 11.0 Å². The van der Waals surface area contributed by atoms with Crippen LogP contribution >= 0.6 is 11.8 Å². The minimum absolute atomic E-state index is 0.271. The molecule has 1 aromatic carbocycles. The number of thioether (sulfide) groups is 1. The summed E-state index contributed by atoms with van der Waals surface area (Å²) in [4.78, 5) is 0. The normalized spacial score (nSPS) is 10.8. The van der Waals surface area contributed by atoms with E-state index in [0.29, 0.717) is 12.4 Å². The van der Waals surface area contributed by atoms with Gasteiger partial charge in [0.25, 0.3) is 0 Å². The van der Waals surface area contributed by atoms with Crippen molar-refractivity contribution in [2.45, 2.75) is 11.6 Å². The second-order valence-electron chi connectivity index (χ2n) is 3.87. The Balaban J connectivity index is 2.20. The second-order valence-corrected chi connectivity index (χ2v) is 4.93. The van der Waals surface area contributed by atoms with Crippen LogP contribution in [-0.4, -0.2) is 27.1 Å². The van der Waals surface area contributed by atoms with Crippen LogP contribution in [0.15, 0.2) is 29.4 Å². The van der Waals surface area contributed by atoms with E-state index in [1.165, 1.54) is 12.1 Å². The van der Waals surface area contributed by atoms with Crippen molar-refractivity contribution in [3.63, 3.8) is 0 Å². The van der Waals surface area contributed by atoms with Crippen molar-refractivity contribution in [1.82, 2.24) is 14.8 Å². The van der Waals surface area contributed by atoms with Gasteiger partial charge in [-0.05, 0) is 25.1 Å². The predicted molar refractivity (Wildman–Crippen MR) is 70.8 cm³/mol. The lowest BCUT2D eigenvalue weighted by molar-refractivity contribution is 0.628. The van der Waals surface area contributed by atoms with Crippen LogP contribution in [0.5, 0.6) is 0 Å². The number of halogens is 1. The molecular weight excluding hydrogens is 251 g/mol. The highest BCUT2D eigenvalue weighted by molar-refractivity contribution is 7.99. The van der Waals surface area contributed by atoms with Gasteiger partial charge in [-0.25, -0.2) is 4.39 Å². The number of nitrogens with two attached hydrogens (primary N) is 1. The molecule has 96 valence electrons. The molecule has 18 heavy (non-hydrogen) atoms. The molecule has 0 fully saturated rings. The first kappa shape index (κ1) is 13.0. The zero-order valence-electron chi connectivity index (χ0n) is 10.1. The van der Waals surface area contributed by atoms with Gasteiger partial charge in [-0.15, -0.1) is 10.2 Å². The van der Waals surface area contributed by atoms with Gasteiger partial charge in [-0.1, -0.05) is 23.9 Å². The molecule has 0 saturated carbocycles. The van der Waals surface area contributed by atoms with Crippen molar-refractivity contribution in [1.29, 1.82) is 0 Å². The zero-order valence-corrected chi connectivity index (χ0v) is 11.0. The van der Waals surface area contributed by atoms with Crippen LogP contribution in [0.3, 0.4) is 0 Å². The molecule has 0 bridgehead atoms. The number of hydrogen-bond donors (Lipinski definition) is 1. The lowest BCUT2D eigenvalue weighted by Crippen LogP contribution is -2.00. The summed E-state index contributed by atoms with van der Waals surface area (Å²) in [6.07, 6.45) is 0.937. The van der Waals surface area contributed by atoms with Crippen LogP contribution in [0.1, 0.15) is 6.42 Å². The molecule has 2 N–H and O–H groups in total. The highest BCUT2D eigenvalue weighted by atomic mass is 32.2. The number of benzene rings is 1. The maximum atomic E-state index is 13.2. The molecule has 2 aromatic rings. The number of hydrogen-bond acceptors (Lipinski definition) is 4. The summed E-state index contributed by atoms with van der Waals surface area (Å²) in [7, 11) is 1.88. The van der Waals surface area contributed by atoms with Crippen molar-refractivity contribution in [2.24, 2.45) is 12.8 Å². The molecule has 0 spiro atoms. The number of rotatable bonds is 5. The van der Waals surface area contributed by atoms with Crippen molar-refractivity contribution in [3.8, 4) is 11.4 Å². The van der Waals surface area contributed by atoms with Crippen molar-refractivity contribution in [3.05, 3.63) is 30.1 Å². The standard InChI is InChI=1S/C12H15FN4S/c1-17-11(9-4-2-5-10(13)8-9)15-16-12(17)18-7-3-6-14/h2,4-5,8H,3,6-7,14H2,1H3. The van der Waals surface area contributed by atoms with E-state index in [4.69, 9.17) is 5.73 Å². The van der Waals surface area contributed by atoms with Gasteiger partial charge < -0.3 is 10.3 Å². The molecule has 0 aliphatic heterocycles. The average Bonchev–Trinajstić information content (AvgIpc) is 2.72. The summed E-state index contributed by atoms with van der Waals surface area (Å²) >= 11 is 1.61. The Morgan fingerprint density at radius 3 is 2.94 bits per heavy atom. The SMILES string of the molecule is Cn1c(SCCCN)nnc1-c1cccc(F)c1. The first-order chi connectivity index (χ1) is 8.72. The highest BCUT2D eigenvalue weighted by Crippen LogP contribution is 2.23. The van der Waals surface area contributed by atoms with E-state index >= 15 is 0 Å². The highest BCUT2D eigenvalue weighted by Gasteiger charge is 2.11. The molecule has 1 heterocycles. The van der Waals surface area contributed by atoms with Crippen LogP contribution in [-0.2, 0) is 7.05 Å². The molecule has 2 rings (SSSR count). The van der Waals surface area contributed by atoms with Gasteiger partial charge in [-0.3, -0.25) is 0 Å². The van der Waals surface area contributed by atoms with Gasteiger partial charge in [0.2, 0.25) is 0 Å². The minimum atomic E-state index is -0.271. The van der Waals surface area contributed by atoms with Crippen LogP contribution < -0.4 is 5.73 Å². The number of aromatic nitrogens is 3. The van der Waals surface area contributed by atoms with Gasteiger partial charge in [0, 0.05) is 18.4 Å². The Labute approximate surface area is 109 Å². The van der Waals surface area contributed by atoms with E-state index in [2.05, 4.69) is 10.2 Å². The molecule has 0 amide bonds. The topological polar surface area (TPSA) is 56.7 Å². The summed E-state index contributed by atoms with van der Waals surface area (Å²) in [5, 5.41) is 9.03. The Hall–Kier alpha value is -1.40. The van der Waals surface area contributed by atoms with Crippen LogP contribution in [0, 0.1) is 5.82 Å². The van der Waals surface area contributed by atoms with Crippen LogP contribution in [0.4, 0.5) is 4.39 Å². The third-order valence-corrected chi connectivity index (χ3v) is 3.60. The third kappa shape index (κ3) is 2.88. The predicted octanol–water partition coefficient (Wildman–Crippen LogP) is 2.06. The third-order valence-electron chi connectivity index (χ3n) is 2.50. The van der Waals surface area contributed by atoms with Crippen molar-refractivity contribution < 1.29 is 4.39 Å². The first-order valence-corrected chi connectivity index (χ1v) is 6.69. The fraction of sp³-hybridized carbons (Fsp3) is 0.333. The molecule has 0 aliphatic carbocycles. The monoisotopic (exact) mass is 266 g/mol. The molecule has 0 unspecified atom stereocenters. The van der Waals surface area contributed by atoms with Crippen LogP contribution in [0.2, 0.25) is 0 Å². The van der Waals surface area contributed by atoms with E-state index < -0.39 is 0 Å². The lowest BCUT2D eigenvalue weighted by Gasteiger charge is -2.03. The summed E-state index contributed by atoms with van der Waals surface area (Å²) < 4.78 is 15.0. The van der Waals surface area contributed by atoms with Gasteiger partial charge >= 0.3 is 0 Å². The molecular formula is C12H15FN4S. The van der Waals surface area contributed by atoms with E-state index in [0.717, 1.165) is 22.9 Å². The maximum Gasteiger partial charge on any atom is 0.191 e. The quantitative estimate of drug-likeness (QED) is 0.665. The molecule has 0 saturated heterocycles. The molecule has 0 radical (unpaired) electrons. The minimum Gasteiger partial charge on any atom is -0.330 e. The number of nitrogens with zero attached hydrogens (tertiary/aromatic N) is 3. The molecule has 6 heteroatoms. The summed E-state index contributed by atoms with van der Waals surface area (Å²) in [6, 6.07) is 6.36. The largest absolute Gasteiger partial charge is 0.330 e. The molecule has 0 atom stereocenters. The zero-order chi connectivity index (χ0) is 13.0. The molecule has 0 aliphatic rings. The smallest absolute Gasteiger partial charge is 0.191 e. The van der Waals surface area contributed by atoms with E-state index in [9.17, 15) is 4.39 Å². The molecule has 1 aromatic heterocycles. The fourth-order valence-electron chi connectivity index (χ4n) is 1.57. The summed E-state index contributed by atoms with van der Waals surface area (Å²) in [5.41, 5.74) is 6.18. The van der Waals surface area contributed by atoms with Gasteiger partial charge in [0.1, 0.15) is 5.82 Å². The average molecular weight is 266 g/mol. The Morgan fingerprint density at radius 2 is 2.22 bits per heavy atom. The van der Waals surface area contributed by atoms with Crippen molar-refractivity contribution in [2.75, 3.05) is 12.3 Å². The first-order valence-electron chi connectivity index (χ1n) is 5.70. The maximum absolute atomic E-state index is 13.2. The molecule has 4 nitrogen and oxygen atoms in total. The lowest BCUT2D eigenvalue weighted by atomic mass is 10.2. The van der Waals surface area contributed by atoms with Crippen molar-refractivity contribution >= 4 is 11.8 Å². The fourth-order valence-corrected chi connectivity index (χ4v) is 2.44. The second kappa shape index (κ2) is 5.97. The van der Waals surface area contributed by atoms with Gasteiger partial charge in [-0.2, -0.15) is 0 Å². The Kier molecular flexibility index (Phi) is 4.33. The Bertz CT molecular complexity index is 527. The Morgan fingerprint density at radius 1 is 1.39 bits per heavy atom.